The number of benzene rings is 1. The fourth-order valence-corrected chi connectivity index (χ4v) is 2.51. The van der Waals surface area contributed by atoms with E-state index in [1.807, 2.05) is 31.2 Å². The molecule has 0 saturated carbocycles. The first-order chi connectivity index (χ1) is 10.4. The largest absolute Gasteiger partial charge is 0.394 e. The van der Waals surface area contributed by atoms with E-state index in [-0.39, 0.29) is 18.6 Å². The van der Waals surface area contributed by atoms with E-state index in [1.165, 1.54) is 0 Å². The molecular formula is C18H30N2O2. The van der Waals surface area contributed by atoms with Crippen LogP contribution in [-0.4, -0.2) is 29.7 Å². The minimum atomic E-state index is -0.148. The van der Waals surface area contributed by atoms with Gasteiger partial charge in [-0.2, -0.15) is 0 Å². The second-order valence-electron chi connectivity index (χ2n) is 6.40. The van der Waals surface area contributed by atoms with Crippen LogP contribution in [0.1, 0.15) is 46.1 Å². The standard InChI is InChI=1S/C18H30N2O2/c1-5-16(12-21)20-18(22)11-15-6-8-17(9-7-15)19-14(4)10-13(2)3/h6-9,13-14,16,19,21H,5,10-12H2,1-4H3,(H,20,22). The van der Waals surface area contributed by atoms with Crippen molar-refractivity contribution < 1.29 is 9.90 Å². The van der Waals surface area contributed by atoms with Crippen molar-refractivity contribution in [2.24, 2.45) is 5.92 Å². The Morgan fingerprint density at radius 1 is 1.18 bits per heavy atom. The average Bonchev–Trinajstić information content (AvgIpc) is 2.46. The molecule has 0 saturated heterocycles. The van der Waals surface area contributed by atoms with Gasteiger partial charge in [0.15, 0.2) is 0 Å². The van der Waals surface area contributed by atoms with Gasteiger partial charge in [-0.25, -0.2) is 0 Å². The van der Waals surface area contributed by atoms with Crippen molar-refractivity contribution in [1.82, 2.24) is 5.32 Å². The first-order valence-corrected chi connectivity index (χ1v) is 8.20. The van der Waals surface area contributed by atoms with E-state index in [0.29, 0.717) is 18.4 Å². The number of carbonyl (C=O) groups is 1. The summed E-state index contributed by atoms with van der Waals surface area (Å²) in [7, 11) is 0. The molecule has 0 aliphatic rings. The van der Waals surface area contributed by atoms with Crippen LogP contribution in [-0.2, 0) is 11.2 Å². The molecule has 0 radical (unpaired) electrons. The van der Waals surface area contributed by atoms with Gasteiger partial charge in [-0.15, -0.1) is 0 Å². The SMILES string of the molecule is CCC(CO)NC(=O)Cc1ccc(NC(C)CC(C)C)cc1. The van der Waals surface area contributed by atoms with Crippen molar-refractivity contribution in [2.75, 3.05) is 11.9 Å². The first-order valence-electron chi connectivity index (χ1n) is 8.20. The van der Waals surface area contributed by atoms with Crippen LogP contribution < -0.4 is 10.6 Å². The summed E-state index contributed by atoms with van der Waals surface area (Å²) in [6, 6.07) is 8.27. The molecule has 4 heteroatoms. The van der Waals surface area contributed by atoms with Crippen LogP contribution in [0.3, 0.4) is 0 Å². The fraction of sp³-hybridized carbons (Fsp3) is 0.611. The highest BCUT2D eigenvalue weighted by Crippen LogP contribution is 2.14. The molecule has 0 aliphatic carbocycles. The molecule has 3 N–H and O–H groups in total. The zero-order valence-corrected chi connectivity index (χ0v) is 14.2. The second kappa shape index (κ2) is 9.46. The third-order valence-electron chi connectivity index (χ3n) is 3.63. The van der Waals surface area contributed by atoms with Crippen LogP contribution in [0.4, 0.5) is 5.69 Å². The van der Waals surface area contributed by atoms with Crippen molar-refractivity contribution in [3.8, 4) is 0 Å². The summed E-state index contributed by atoms with van der Waals surface area (Å²) >= 11 is 0. The lowest BCUT2D eigenvalue weighted by Gasteiger charge is -2.17. The zero-order chi connectivity index (χ0) is 16.5. The maximum Gasteiger partial charge on any atom is 0.224 e. The fourth-order valence-electron chi connectivity index (χ4n) is 2.51. The van der Waals surface area contributed by atoms with Crippen LogP contribution in [0.2, 0.25) is 0 Å². The summed E-state index contributed by atoms with van der Waals surface area (Å²) in [4.78, 5) is 11.9. The summed E-state index contributed by atoms with van der Waals surface area (Å²) in [5.41, 5.74) is 2.06. The molecule has 1 amide bonds. The molecule has 124 valence electrons. The number of aliphatic hydroxyl groups is 1. The lowest BCUT2D eigenvalue weighted by molar-refractivity contribution is -0.121. The van der Waals surface area contributed by atoms with E-state index >= 15 is 0 Å². The predicted molar refractivity (Wildman–Crippen MR) is 92.0 cm³/mol. The molecule has 22 heavy (non-hydrogen) atoms. The second-order valence-corrected chi connectivity index (χ2v) is 6.40. The van der Waals surface area contributed by atoms with E-state index < -0.39 is 0 Å². The number of amides is 1. The van der Waals surface area contributed by atoms with Gasteiger partial charge in [-0.05, 0) is 43.4 Å². The number of nitrogens with one attached hydrogen (secondary N) is 2. The van der Waals surface area contributed by atoms with Gasteiger partial charge in [0.1, 0.15) is 0 Å². The Morgan fingerprint density at radius 2 is 1.82 bits per heavy atom. The molecule has 1 rings (SSSR count). The average molecular weight is 306 g/mol. The van der Waals surface area contributed by atoms with Gasteiger partial charge in [0.25, 0.3) is 0 Å². The normalized spacial score (nSPS) is 13.7. The third-order valence-corrected chi connectivity index (χ3v) is 3.63. The molecule has 2 unspecified atom stereocenters. The van der Waals surface area contributed by atoms with E-state index in [4.69, 9.17) is 5.11 Å². The monoisotopic (exact) mass is 306 g/mol. The molecule has 0 aromatic heterocycles. The van der Waals surface area contributed by atoms with Gasteiger partial charge < -0.3 is 15.7 Å². The Balaban J connectivity index is 2.49. The van der Waals surface area contributed by atoms with Crippen LogP contribution in [0.15, 0.2) is 24.3 Å². The summed E-state index contributed by atoms with van der Waals surface area (Å²) in [5.74, 6) is 0.623. The molecule has 0 bridgehead atoms. The van der Waals surface area contributed by atoms with Gasteiger partial charge in [0.05, 0.1) is 19.1 Å². The Kier molecular flexibility index (Phi) is 7.96. The molecule has 1 aromatic carbocycles. The van der Waals surface area contributed by atoms with E-state index in [0.717, 1.165) is 24.1 Å². The maximum absolute atomic E-state index is 11.9. The van der Waals surface area contributed by atoms with Crippen LogP contribution in [0.5, 0.6) is 0 Å². The molecule has 0 heterocycles. The minimum absolute atomic E-state index is 0.0150. The zero-order valence-electron chi connectivity index (χ0n) is 14.2. The lowest BCUT2D eigenvalue weighted by Crippen LogP contribution is -2.37. The lowest BCUT2D eigenvalue weighted by atomic mass is 10.0. The summed E-state index contributed by atoms with van der Waals surface area (Å²) in [6.07, 6.45) is 2.21. The smallest absolute Gasteiger partial charge is 0.224 e. The summed E-state index contributed by atoms with van der Waals surface area (Å²) < 4.78 is 0. The minimum Gasteiger partial charge on any atom is -0.394 e. The Morgan fingerprint density at radius 3 is 2.32 bits per heavy atom. The number of anilines is 1. The highest BCUT2D eigenvalue weighted by molar-refractivity contribution is 5.79. The van der Waals surface area contributed by atoms with Crippen molar-refractivity contribution in [1.29, 1.82) is 0 Å². The van der Waals surface area contributed by atoms with E-state index in [2.05, 4.69) is 31.4 Å². The highest BCUT2D eigenvalue weighted by atomic mass is 16.3. The van der Waals surface area contributed by atoms with Crippen LogP contribution >= 0.6 is 0 Å². The van der Waals surface area contributed by atoms with E-state index in [9.17, 15) is 4.79 Å². The molecule has 1 aromatic rings. The van der Waals surface area contributed by atoms with Gasteiger partial charge in [0.2, 0.25) is 5.91 Å². The van der Waals surface area contributed by atoms with Gasteiger partial charge >= 0.3 is 0 Å². The Hall–Kier alpha value is -1.55. The highest BCUT2D eigenvalue weighted by Gasteiger charge is 2.10. The van der Waals surface area contributed by atoms with Crippen molar-refractivity contribution in [3.05, 3.63) is 29.8 Å². The van der Waals surface area contributed by atoms with Gasteiger partial charge in [-0.3, -0.25) is 4.79 Å². The van der Waals surface area contributed by atoms with Gasteiger partial charge in [-0.1, -0.05) is 32.9 Å². The predicted octanol–water partition coefficient (Wildman–Crippen LogP) is 2.96. The maximum atomic E-state index is 11.9. The van der Waals surface area contributed by atoms with Gasteiger partial charge in [0, 0.05) is 11.7 Å². The quantitative estimate of drug-likeness (QED) is 0.657. The molecule has 0 spiro atoms. The molecule has 0 aliphatic heterocycles. The number of rotatable bonds is 9. The third kappa shape index (κ3) is 6.94. The number of hydrogen-bond donors (Lipinski definition) is 3. The van der Waals surface area contributed by atoms with Crippen molar-refractivity contribution in [2.45, 2.75) is 59.0 Å². The first kappa shape index (κ1) is 18.5. The van der Waals surface area contributed by atoms with Crippen LogP contribution in [0.25, 0.3) is 0 Å². The summed E-state index contributed by atoms with van der Waals surface area (Å²) in [5, 5.41) is 15.4. The molecule has 0 fully saturated rings. The Labute approximate surface area is 134 Å². The Bertz CT molecular complexity index is 439. The number of aliphatic hydroxyl groups excluding tert-OH is 1. The van der Waals surface area contributed by atoms with E-state index in [1.54, 1.807) is 0 Å². The van der Waals surface area contributed by atoms with Crippen molar-refractivity contribution >= 4 is 11.6 Å². The topological polar surface area (TPSA) is 61.4 Å². The molecule has 4 nitrogen and oxygen atoms in total. The van der Waals surface area contributed by atoms with Crippen LogP contribution in [0, 0.1) is 5.92 Å². The van der Waals surface area contributed by atoms with Crippen molar-refractivity contribution in [3.63, 3.8) is 0 Å². The number of hydrogen-bond acceptors (Lipinski definition) is 3. The molecule has 2 atom stereocenters. The number of carbonyl (C=O) groups excluding carboxylic acids is 1. The summed E-state index contributed by atoms with van der Waals surface area (Å²) in [6.45, 7) is 8.55. The molecular weight excluding hydrogens is 276 g/mol.